The monoisotopic (exact) mass is 187 g/mol. The van der Waals surface area contributed by atoms with Crippen molar-refractivity contribution in [2.24, 2.45) is 5.73 Å². The van der Waals surface area contributed by atoms with Gasteiger partial charge in [0.2, 0.25) is 6.41 Å². The molecule has 5 heteroatoms. The van der Waals surface area contributed by atoms with Gasteiger partial charge in [-0.05, 0) is 0 Å². The summed E-state index contributed by atoms with van der Waals surface area (Å²) in [5.41, 5.74) is 5.40. The molecular weight excluding hydrogens is 174 g/mol. The Morgan fingerprint density at radius 2 is 2.00 bits per heavy atom. The van der Waals surface area contributed by atoms with Crippen LogP contribution in [0, 0.1) is 0 Å². The van der Waals surface area contributed by atoms with Crippen LogP contribution in [-0.2, 0) is 4.79 Å². The molecule has 0 aliphatic carbocycles. The fourth-order valence-electron chi connectivity index (χ4n) is 1.25. The van der Waals surface area contributed by atoms with E-state index in [9.17, 15) is 4.79 Å². The van der Waals surface area contributed by atoms with Crippen molar-refractivity contribution < 1.29 is 4.79 Å². The third-order valence-corrected chi connectivity index (χ3v) is 2.06. The summed E-state index contributed by atoms with van der Waals surface area (Å²) in [5, 5.41) is 0. The van der Waals surface area contributed by atoms with Gasteiger partial charge in [-0.15, -0.1) is 0 Å². The quantitative estimate of drug-likeness (QED) is 0.457. The topological polar surface area (TPSA) is 49.6 Å². The van der Waals surface area contributed by atoms with Crippen LogP contribution in [0.1, 0.15) is 0 Å². The number of hydrogen-bond acceptors (Lipinski definition) is 3. The second-order valence-electron chi connectivity index (χ2n) is 2.88. The maximum absolute atomic E-state index is 10.3. The molecule has 4 nitrogen and oxygen atoms in total. The molecule has 0 radical (unpaired) electrons. The first-order chi connectivity index (χ1) is 5.72. The van der Waals surface area contributed by atoms with Crippen LogP contribution < -0.4 is 5.73 Å². The number of carbonyl (C=O) groups is 1. The van der Waals surface area contributed by atoms with Crippen LogP contribution in [0.15, 0.2) is 0 Å². The van der Waals surface area contributed by atoms with Crippen LogP contribution in [0.2, 0.25) is 0 Å². The molecule has 1 saturated heterocycles. The first-order valence-electron chi connectivity index (χ1n) is 3.92. The Morgan fingerprint density at radius 1 is 1.42 bits per heavy atom. The molecule has 0 aromatic carbocycles. The molecule has 1 aliphatic rings. The van der Waals surface area contributed by atoms with Crippen LogP contribution >= 0.6 is 12.2 Å². The Kier molecular flexibility index (Phi) is 3.43. The smallest absolute Gasteiger partial charge is 0.209 e. The molecule has 0 aromatic heterocycles. The van der Waals surface area contributed by atoms with Gasteiger partial charge in [0.1, 0.15) is 0 Å². The van der Waals surface area contributed by atoms with Gasteiger partial charge in [0.25, 0.3) is 0 Å². The second kappa shape index (κ2) is 4.37. The minimum atomic E-state index is 0.523. The number of rotatable bonds is 3. The number of hydrogen-bond donors (Lipinski definition) is 1. The Bertz CT molecular complexity index is 177. The largest absolute Gasteiger partial charge is 0.392 e. The number of amides is 1. The highest BCUT2D eigenvalue weighted by molar-refractivity contribution is 7.80. The van der Waals surface area contributed by atoms with Crippen molar-refractivity contribution in [2.45, 2.75) is 0 Å². The van der Waals surface area contributed by atoms with Crippen LogP contribution in [0.5, 0.6) is 0 Å². The highest BCUT2D eigenvalue weighted by atomic mass is 32.1. The van der Waals surface area contributed by atoms with E-state index in [4.69, 9.17) is 18.0 Å². The highest BCUT2D eigenvalue weighted by Crippen LogP contribution is 1.98. The Balaban J connectivity index is 2.26. The predicted molar refractivity (Wildman–Crippen MR) is 50.9 cm³/mol. The average Bonchev–Trinajstić information content (AvgIpc) is 2.05. The molecule has 1 fully saturated rings. The number of nitrogens with zero attached hydrogens (tertiary/aromatic N) is 2. The van der Waals surface area contributed by atoms with Gasteiger partial charge in [-0.3, -0.25) is 9.69 Å². The van der Waals surface area contributed by atoms with Crippen molar-refractivity contribution in [2.75, 3.05) is 32.7 Å². The molecule has 0 unspecified atom stereocenters. The molecule has 2 N–H and O–H groups in total. The van der Waals surface area contributed by atoms with E-state index in [2.05, 4.69) is 4.90 Å². The zero-order valence-electron chi connectivity index (χ0n) is 6.90. The summed E-state index contributed by atoms with van der Waals surface area (Å²) in [7, 11) is 0. The summed E-state index contributed by atoms with van der Waals surface area (Å²) in [6, 6.07) is 0. The molecule has 0 aromatic rings. The molecule has 1 rings (SSSR count). The fourth-order valence-corrected chi connectivity index (χ4v) is 1.43. The van der Waals surface area contributed by atoms with E-state index >= 15 is 0 Å². The third-order valence-electron chi connectivity index (χ3n) is 1.94. The zero-order chi connectivity index (χ0) is 8.97. The third kappa shape index (κ3) is 2.75. The standard InChI is InChI=1S/C7H13N3OS/c8-7(12)5-9-1-3-10(6-11)4-2-9/h6H,1-5H2,(H2,8,12). The summed E-state index contributed by atoms with van der Waals surface area (Å²) < 4.78 is 0. The van der Waals surface area contributed by atoms with Crippen LogP contribution in [0.3, 0.4) is 0 Å². The lowest BCUT2D eigenvalue weighted by Gasteiger charge is -2.31. The molecule has 0 saturated carbocycles. The van der Waals surface area contributed by atoms with Gasteiger partial charge < -0.3 is 10.6 Å². The minimum absolute atomic E-state index is 0.523. The van der Waals surface area contributed by atoms with Crippen LogP contribution in [-0.4, -0.2) is 53.9 Å². The van der Waals surface area contributed by atoms with Gasteiger partial charge in [0.05, 0.1) is 4.99 Å². The molecular formula is C7H13N3OS. The Labute approximate surface area is 77.3 Å². The van der Waals surface area contributed by atoms with Gasteiger partial charge in [0, 0.05) is 32.7 Å². The van der Waals surface area contributed by atoms with Gasteiger partial charge in [-0.2, -0.15) is 0 Å². The maximum Gasteiger partial charge on any atom is 0.209 e. The maximum atomic E-state index is 10.3. The SMILES string of the molecule is NC(=S)CN1CCN(C=O)CC1. The van der Waals surface area contributed by atoms with E-state index in [0.29, 0.717) is 11.5 Å². The molecule has 12 heavy (non-hydrogen) atoms. The average molecular weight is 187 g/mol. The van der Waals surface area contributed by atoms with Crippen LogP contribution in [0.25, 0.3) is 0 Å². The van der Waals surface area contributed by atoms with E-state index in [1.165, 1.54) is 0 Å². The first kappa shape index (κ1) is 9.41. The van der Waals surface area contributed by atoms with E-state index in [1.54, 1.807) is 4.90 Å². The van der Waals surface area contributed by atoms with E-state index < -0.39 is 0 Å². The van der Waals surface area contributed by atoms with E-state index in [0.717, 1.165) is 32.6 Å². The van der Waals surface area contributed by atoms with Crippen LogP contribution in [0.4, 0.5) is 0 Å². The van der Waals surface area contributed by atoms with Crippen molar-refractivity contribution in [3.05, 3.63) is 0 Å². The van der Waals surface area contributed by atoms with Gasteiger partial charge >= 0.3 is 0 Å². The summed E-state index contributed by atoms with van der Waals surface area (Å²) in [5.74, 6) is 0. The molecule has 1 amide bonds. The highest BCUT2D eigenvalue weighted by Gasteiger charge is 2.14. The number of nitrogens with two attached hydrogens (primary N) is 1. The lowest BCUT2D eigenvalue weighted by atomic mass is 10.3. The van der Waals surface area contributed by atoms with Crippen molar-refractivity contribution in [3.63, 3.8) is 0 Å². The molecule has 1 aliphatic heterocycles. The number of carbonyl (C=O) groups excluding carboxylic acids is 1. The first-order valence-corrected chi connectivity index (χ1v) is 4.33. The lowest BCUT2D eigenvalue weighted by molar-refractivity contribution is -0.119. The second-order valence-corrected chi connectivity index (χ2v) is 3.41. The number of piperazine rings is 1. The van der Waals surface area contributed by atoms with Gasteiger partial charge in [0.15, 0.2) is 0 Å². The molecule has 0 spiro atoms. The summed E-state index contributed by atoms with van der Waals surface area (Å²) in [6.45, 7) is 3.98. The van der Waals surface area contributed by atoms with Gasteiger partial charge in [-0.25, -0.2) is 0 Å². The minimum Gasteiger partial charge on any atom is -0.392 e. The summed E-state index contributed by atoms with van der Waals surface area (Å²) >= 11 is 4.79. The van der Waals surface area contributed by atoms with Crippen molar-refractivity contribution in [1.29, 1.82) is 0 Å². The van der Waals surface area contributed by atoms with Crippen molar-refractivity contribution in [3.8, 4) is 0 Å². The molecule has 0 bridgehead atoms. The molecule has 1 heterocycles. The predicted octanol–water partition coefficient (Wildman–Crippen LogP) is -0.954. The normalized spacial score (nSPS) is 19.2. The van der Waals surface area contributed by atoms with E-state index in [-0.39, 0.29) is 0 Å². The summed E-state index contributed by atoms with van der Waals surface area (Å²) in [4.78, 5) is 14.8. The van der Waals surface area contributed by atoms with Gasteiger partial charge in [-0.1, -0.05) is 12.2 Å². The van der Waals surface area contributed by atoms with Crippen molar-refractivity contribution >= 4 is 23.6 Å². The Morgan fingerprint density at radius 3 is 2.42 bits per heavy atom. The number of thiocarbonyl (C=S) groups is 1. The Hall–Kier alpha value is -0.680. The van der Waals surface area contributed by atoms with E-state index in [1.807, 2.05) is 0 Å². The zero-order valence-corrected chi connectivity index (χ0v) is 7.72. The van der Waals surface area contributed by atoms with Crippen molar-refractivity contribution in [1.82, 2.24) is 9.80 Å². The molecule has 68 valence electrons. The lowest BCUT2D eigenvalue weighted by Crippen LogP contribution is -2.47. The fraction of sp³-hybridized carbons (Fsp3) is 0.714. The summed E-state index contributed by atoms with van der Waals surface area (Å²) in [6.07, 6.45) is 0.887. The molecule has 0 atom stereocenters.